The van der Waals surface area contributed by atoms with Crippen molar-refractivity contribution in [1.82, 2.24) is 9.61 Å². The lowest BCUT2D eigenvalue weighted by atomic mass is 10.1. The summed E-state index contributed by atoms with van der Waals surface area (Å²) in [6.45, 7) is 3.97. The van der Waals surface area contributed by atoms with E-state index in [9.17, 15) is 4.79 Å². The van der Waals surface area contributed by atoms with Gasteiger partial charge in [-0.25, -0.2) is 4.52 Å². The number of ether oxygens (including phenoxy) is 1. The second-order valence-corrected chi connectivity index (χ2v) is 5.59. The molecule has 4 N–H and O–H groups in total. The number of hydrogen-bond acceptors (Lipinski definition) is 4. The molecule has 0 radical (unpaired) electrons. The van der Waals surface area contributed by atoms with Gasteiger partial charge in [-0.05, 0) is 37.6 Å². The predicted octanol–water partition coefficient (Wildman–Crippen LogP) is 2.47. The molecule has 0 saturated heterocycles. The Morgan fingerprint density at radius 1 is 1.22 bits per heavy atom. The van der Waals surface area contributed by atoms with Gasteiger partial charge in [-0.15, -0.1) is 0 Å². The molecule has 6 nitrogen and oxygen atoms in total. The van der Waals surface area contributed by atoms with Crippen LogP contribution in [0.15, 0.2) is 42.7 Å². The van der Waals surface area contributed by atoms with Crippen molar-refractivity contribution >= 4 is 17.1 Å². The van der Waals surface area contributed by atoms with Crippen LogP contribution in [0, 0.1) is 0 Å². The maximum absolute atomic E-state index is 11.3. The Balaban J connectivity index is 2.00. The Morgan fingerprint density at radius 3 is 2.52 bits per heavy atom. The van der Waals surface area contributed by atoms with E-state index in [0.29, 0.717) is 11.2 Å². The van der Waals surface area contributed by atoms with Crippen molar-refractivity contribution in [3.8, 4) is 16.9 Å². The van der Waals surface area contributed by atoms with Crippen LogP contribution in [0.1, 0.15) is 24.2 Å². The molecule has 1 amide bonds. The minimum Gasteiger partial charge on any atom is -0.491 e. The van der Waals surface area contributed by atoms with Crippen LogP contribution >= 0.6 is 0 Å². The summed E-state index contributed by atoms with van der Waals surface area (Å²) < 4.78 is 7.27. The van der Waals surface area contributed by atoms with Crippen LogP contribution in [-0.2, 0) is 0 Å². The van der Waals surface area contributed by atoms with Crippen LogP contribution in [-0.4, -0.2) is 21.6 Å². The van der Waals surface area contributed by atoms with Gasteiger partial charge in [0.05, 0.1) is 29.1 Å². The van der Waals surface area contributed by atoms with Gasteiger partial charge in [-0.2, -0.15) is 5.10 Å². The molecule has 0 unspecified atom stereocenters. The summed E-state index contributed by atoms with van der Waals surface area (Å²) in [6, 6.07) is 9.66. The Labute approximate surface area is 133 Å². The summed E-state index contributed by atoms with van der Waals surface area (Å²) in [5.74, 6) is 0.233. The van der Waals surface area contributed by atoms with E-state index in [2.05, 4.69) is 5.10 Å². The number of hydrogen-bond donors (Lipinski definition) is 2. The van der Waals surface area contributed by atoms with Crippen molar-refractivity contribution in [3.05, 3.63) is 48.3 Å². The molecule has 2 aromatic heterocycles. The highest BCUT2D eigenvalue weighted by molar-refractivity contribution is 6.01. The van der Waals surface area contributed by atoms with E-state index < -0.39 is 5.91 Å². The fraction of sp³-hybridized carbons (Fsp3) is 0.176. The normalized spacial score (nSPS) is 11.1. The number of nitrogens with two attached hydrogens (primary N) is 2. The van der Waals surface area contributed by atoms with E-state index in [1.54, 1.807) is 4.52 Å². The smallest absolute Gasteiger partial charge is 0.252 e. The number of fused-ring (bicyclic) bond motifs is 1. The first-order chi connectivity index (χ1) is 11.0. The lowest BCUT2D eigenvalue weighted by Gasteiger charge is -2.09. The van der Waals surface area contributed by atoms with Gasteiger partial charge in [-0.1, -0.05) is 12.1 Å². The second-order valence-electron chi connectivity index (χ2n) is 5.59. The standard InChI is InChI=1S/C17H18N4O2/c1-10(2)23-13-5-3-11(4-6-13)12-7-15-16(18)14(17(19)22)8-20-21(15)9-12/h3-10H,18H2,1-2H3,(H2,19,22). The van der Waals surface area contributed by atoms with E-state index in [4.69, 9.17) is 16.2 Å². The maximum Gasteiger partial charge on any atom is 0.252 e. The zero-order chi connectivity index (χ0) is 16.6. The largest absolute Gasteiger partial charge is 0.491 e. The molecule has 0 bridgehead atoms. The van der Waals surface area contributed by atoms with E-state index in [1.165, 1.54) is 6.20 Å². The monoisotopic (exact) mass is 310 g/mol. The van der Waals surface area contributed by atoms with E-state index in [1.807, 2.05) is 50.4 Å². The Hall–Kier alpha value is -3.02. The van der Waals surface area contributed by atoms with Crippen LogP contribution in [0.5, 0.6) is 5.75 Å². The van der Waals surface area contributed by atoms with Crippen molar-refractivity contribution in [1.29, 1.82) is 0 Å². The first-order valence-electron chi connectivity index (χ1n) is 7.29. The van der Waals surface area contributed by atoms with Crippen molar-refractivity contribution in [2.75, 3.05) is 5.73 Å². The summed E-state index contributed by atoms with van der Waals surface area (Å²) >= 11 is 0. The quantitative estimate of drug-likeness (QED) is 0.773. The van der Waals surface area contributed by atoms with Gasteiger partial charge < -0.3 is 16.2 Å². The third-order valence-electron chi connectivity index (χ3n) is 3.50. The third kappa shape index (κ3) is 2.83. The average molecular weight is 310 g/mol. The predicted molar refractivity (Wildman–Crippen MR) is 89.3 cm³/mol. The fourth-order valence-corrected chi connectivity index (χ4v) is 2.43. The Kier molecular flexibility index (Phi) is 3.65. The molecule has 3 rings (SSSR count). The van der Waals surface area contributed by atoms with Gasteiger partial charge in [0.2, 0.25) is 0 Å². The van der Waals surface area contributed by atoms with Crippen LogP contribution in [0.25, 0.3) is 16.6 Å². The molecule has 0 aliphatic heterocycles. The highest BCUT2D eigenvalue weighted by atomic mass is 16.5. The molecule has 0 aliphatic carbocycles. The Bertz CT molecular complexity index is 866. The molecule has 0 saturated carbocycles. The summed E-state index contributed by atoms with van der Waals surface area (Å²) in [7, 11) is 0. The van der Waals surface area contributed by atoms with E-state index in [-0.39, 0.29) is 11.7 Å². The molecule has 23 heavy (non-hydrogen) atoms. The highest BCUT2D eigenvalue weighted by Crippen LogP contribution is 2.28. The van der Waals surface area contributed by atoms with Crippen LogP contribution in [0.4, 0.5) is 5.69 Å². The van der Waals surface area contributed by atoms with Crippen molar-refractivity contribution < 1.29 is 9.53 Å². The van der Waals surface area contributed by atoms with Crippen LogP contribution in [0.2, 0.25) is 0 Å². The molecule has 6 heteroatoms. The molecule has 1 aromatic carbocycles. The number of amides is 1. The van der Waals surface area contributed by atoms with Gasteiger partial charge in [0.25, 0.3) is 5.91 Å². The number of nitrogens with zero attached hydrogens (tertiary/aromatic N) is 2. The third-order valence-corrected chi connectivity index (χ3v) is 3.50. The molecule has 3 aromatic rings. The lowest BCUT2D eigenvalue weighted by molar-refractivity contribution is 0.100. The molecule has 0 atom stereocenters. The Morgan fingerprint density at radius 2 is 1.91 bits per heavy atom. The molecular formula is C17H18N4O2. The van der Waals surface area contributed by atoms with Gasteiger partial charge in [-0.3, -0.25) is 4.79 Å². The average Bonchev–Trinajstić information content (AvgIpc) is 2.92. The highest BCUT2D eigenvalue weighted by Gasteiger charge is 2.12. The first-order valence-corrected chi connectivity index (χ1v) is 7.29. The number of anilines is 1. The number of nitrogen functional groups attached to an aromatic ring is 1. The molecule has 2 heterocycles. The lowest BCUT2D eigenvalue weighted by Crippen LogP contribution is -2.15. The minimum absolute atomic E-state index is 0.133. The summed E-state index contributed by atoms with van der Waals surface area (Å²) in [4.78, 5) is 11.3. The SMILES string of the molecule is CC(C)Oc1ccc(-c2cc3c(N)c(C(N)=O)cnn3c2)cc1. The topological polar surface area (TPSA) is 95.6 Å². The summed E-state index contributed by atoms with van der Waals surface area (Å²) in [6.07, 6.45) is 3.37. The molecule has 0 fully saturated rings. The number of benzene rings is 1. The van der Waals surface area contributed by atoms with Gasteiger partial charge >= 0.3 is 0 Å². The first kappa shape index (κ1) is 14.9. The number of carbonyl (C=O) groups excluding carboxylic acids is 1. The molecular weight excluding hydrogens is 292 g/mol. The molecule has 0 aliphatic rings. The fourth-order valence-electron chi connectivity index (χ4n) is 2.43. The maximum atomic E-state index is 11.3. The number of rotatable bonds is 4. The van der Waals surface area contributed by atoms with E-state index >= 15 is 0 Å². The van der Waals surface area contributed by atoms with Gasteiger partial charge in [0, 0.05) is 11.8 Å². The number of primary amides is 1. The number of carbonyl (C=O) groups is 1. The second kappa shape index (κ2) is 5.64. The summed E-state index contributed by atoms with van der Waals surface area (Å²) in [5, 5.41) is 4.18. The van der Waals surface area contributed by atoms with Gasteiger partial charge in [0.15, 0.2) is 0 Å². The minimum atomic E-state index is -0.588. The number of aromatic nitrogens is 2. The van der Waals surface area contributed by atoms with Crippen molar-refractivity contribution in [3.63, 3.8) is 0 Å². The summed E-state index contributed by atoms with van der Waals surface area (Å²) in [5.41, 5.74) is 14.5. The van der Waals surface area contributed by atoms with Crippen LogP contribution < -0.4 is 16.2 Å². The van der Waals surface area contributed by atoms with Crippen molar-refractivity contribution in [2.45, 2.75) is 20.0 Å². The zero-order valence-corrected chi connectivity index (χ0v) is 13.0. The van der Waals surface area contributed by atoms with Crippen LogP contribution in [0.3, 0.4) is 0 Å². The molecule has 118 valence electrons. The van der Waals surface area contributed by atoms with E-state index in [0.717, 1.165) is 16.9 Å². The molecule has 0 spiro atoms. The van der Waals surface area contributed by atoms with Gasteiger partial charge in [0.1, 0.15) is 5.75 Å². The zero-order valence-electron chi connectivity index (χ0n) is 13.0. The van der Waals surface area contributed by atoms with Crippen molar-refractivity contribution in [2.24, 2.45) is 5.73 Å².